The van der Waals surface area contributed by atoms with Crippen molar-refractivity contribution in [2.75, 3.05) is 40.9 Å². The van der Waals surface area contributed by atoms with E-state index in [-0.39, 0.29) is 19.1 Å². The van der Waals surface area contributed by atoms with Crippen LogP contribution in [0.2, 0.25) is 0 Å². The van der Waals surface area contributed by atoms with Crippen LogP contribution in [-0.4, -0.2) is 73.4 Å². The monoisotopic (exact) mass is 902 g/mol. The Hall–Kier alpha value is -0.500. The van der Waals surface area contributed by atoms with Gasteiger partial charge in [0.15, 0.2) is 0 Å². The van der Waals surface area contributed by atoms with Crippen molar-refractivity contribution >= 4 is 13.7 Å². The summed E-state index contributed by atoms with van der Waals surface area (Å²) in [6.07, 6.45) is 52.8. The van der Waals surface area contributed by atoms with Gasteiger partial charge in [-0.25, -0.2) is 4.57 Å². The van der Waals surface area contributed by atoms with E-state index < -0.39 is 20.0 Å². The largest absolute Gasteiger partial charge is 0.472 e. The highest BCUT2D eigenvalue weighted by molar-refractivity contribution is 7.47. The number of hydrogen-bond acceptors (Lipinski definition) is 5. The predicted octanol–water partition coefficient (Wildman–Crippen LogP) is 16.1. The van der Waals surface area contributed by atoms with Crippen LogP contribution in [0.3, 0.4) is 0 Å². The number of unbranched alkanes of at least 4 members (excludes halogenated alkanes) is 38. The van der Waals surface area contributed by atoms with Gasteiger partial charge in [-0.3, -0.25) is 13.8 Å². The molecular weight excluding hydrogens is 792 g/mol. The average Bonchev–Trinajstić information content (AvgIpc) is 3.23. The second-order valence-electron chi connectivity index (χ2n) is 20.3. The molecule has 0 aliphatic rings. The van der Waals surface area contributed by atoms with Crippen LogP contribution in [0.5, 0.6) is 0 Å². The summed E-state index contributed by atoms with van der Waals surface area (Å²) in [5, 5.41) is 14.1. The van der Waals surface area contributed by atoms with E-state index in [1.807, 2.05) is 21.1 Å². The van der Waals surface area contributed by atoms with Gasteiger partial charge in [-0.1, -0.05) is 264 Å². The first-order valence-corrected chi connectivity index (χ1v) is 28.9. The number of carbonyl (C=O) groups excluding carboxylic acids is 1. The number of likely N-dealkylation sites (N-methyl/N-ethyl adjacent to an activating group) is 1. The average molecular weight is 902 g/mol. The minimum absolute atomic E-state index is 0.0791. The number of nitrogens with zero attached hydrogens (tertiary/aromatic N) is 1. The Kier molecular flexibility index (Phi) is 45.3. The summed E-state index contributed by atoms with van der Waals surface area (Å²) in [7, 11) is 1.63. The van der Waals surface area contributed by atoms with Crippen LogP contribution in [0, 0.1) is 0 Å². The van der Waals surface area contributed by atoms with Crippen molar-refractivity contribution in [3.05, 3.63) is 0 Å². The molecule has 0 spiro atoms. The molecule has 0 aliphatic carbocycles. The van der Waals surface area contributed by atoms with E-state index in [0.29, 0.717) is 23.9 Å². The lowest BCUT2D eigenvalue weighted by Gasteiger charge is -2.26. The molecule has 0 rings (SSSR count). The fourth-order valence-corrected chi connectivity index (χ4v) is 9.26. The van der Waals surface area contributed by atoms with Gasteiger partial charge < -0.3 is 19.8 Å². The van der Waals surface area contributed by atoms with E-state index in [4.69, 9.17) is 9.05 Å². The lowest BCUT2D eigenvalue weighted by Crippen LogP contribution is -2.46. The number of aliphatic hydroxyl groups is 1. The van der Waals surface area contributed by atoms with Crippen LogP contribution in [0.4, 0.5) is 0 Å². The van der Waals surface area contributed by atoms with Crippen LogP contribution in [0.25, 0.3) is 0 Å². The van der Waals surface area contributed by atoms with Crippen molar-refractivity contribution in [3.8, 4) is 0 Å². The van der Waals surface area contributed by atoms with E-state index in [2.05, 4.69) is 19.2 Å². The first kappa shape index (κ1) is 61.5. The summed E-state index contributed by atoms with van der Waals surface area (Å²) in [6.45, 7) is 4.94. The van der Waals surface area contributed by atoms with Crippen LogP contribution in [0.15, 0.2) is 0 Å². The van der Waals surface area contributed by atoms with E-state index in [9.17, 15) is 19.4 Å². The number of aliphatic hydroxyl groups excluding tert-OH is 1. The summed E-state index contributed by atoms with van der Waals surface area (Å²) in [5.41, 5.74) is 0. The lowest BCUT2D eigenvalue weighted by molar-refractivity contribution is -0.870. The van der Waals surface area contributed by atoms with Gasteiger partial charge in [0.05, 0.1) is 39.9 Å². The molecule has 0 aromatic carbocycles. The maximum atomic E-state index is 13.0. The molecule has 0 fully saturated rings. The second-order valence-corrected chi connectivity index (χ2v) is 21.8. The summed E-state index contributed by atoms with van der Waals surface area (Å²) in [6, 6.07) is -0.754. The Morgan fingerprint density at radius 2 is 0.774 bits per heavy atom. The molecule has 8 nitrogen and oxygen atoms in total. The fraction of sp³-hybridized carbons (Fsp3) is 0.981. The third-order valence-corrected chi connectivity index (χ3v) is 13.8. The molecule has 3 N–H and O–H groups in total. The molecule has 1 amide bonds. The van der Waals surface area contributed by atoms with Crippen LogP contribution < -0.4 is 5.32 Å². The third-order valence-electron chi connectivity index (χ3n) is 12.9. The van der Waals surface area contributed by atoms with Crippen molar-refractivity contribution in [2.24, 2.45) is 0 Å². The number of rotatable bonds is 51. The van der Waals surface area contributed by atoms with Gasteiger partial charge in [0.25, 0.3) is 0 Å². The quantitative estimate of drug-likeness (QED) is 0.0319. The number of phosphoric ester groups is 1. The Balaban J connectivity index is 4.17. The van der Waals surface area contributed by atoms with Gasteiger partial charge >= 0.3 is 7.82 Å². The Morgan fingerprint density at radius 1 is 0.484 bits per heavy atom. The number of quaternary nitrogens is 1. The smallest absolute Gasteiger partial charge is 0.391 e. The standard InChI is InChI=1S/C53H109N2O6P/c1-6-8-10-12-14-16-18-20-22-24-26-27-29-31-33-35-37-39-41-43-45-47-53(57)54-51(50-61-62(58,59)60-49-48-55(3,4)5)52(56)46-44-42-40-38-36-34-32-30-28-25-23-21-19-17-15-13-11-9-7-2/h51-52,56H,6-50H2,1-5H3,(H-,54,57,58,59)/p+1. The molecule has 0 aromatic rings. The number of phosphoric acid groups is 1. The molecule has 62 heavy (non-hydrogen) atoms. The van der Waals surface area contributed by atoms with E-state index in [1.54, 1.807) is 0 Å². The zero-order valence-electron chi connectivity index (χ0n) is 42.4. The normalized spacial score (nSPS) is 14.0. The maximum absolute atomic E-state index is 13.0. The highest BCUT2D eigenvalue weighted by atomic mass is 31.2. The summed E-state index contributed by atoms with van der Waals surface area (Å²) < 4.78 is 23.8. The van der Waals surface area contributed by atoms with Gasteiger partial charge in [0, 0.05) is 6.42 Å². The van der Waals surface area contributed by atoms with Gasteiger partial charge in [0.1, 0.15) is 13.2 Å². The molecule has 0 saturated heterocycles. The highest BCUT2D eigenvalue weighted by Crippen LogP contribution is 2.43. The third kappa shape index (κ3) is 47.5. The topological polar surface area (TPSA) is 105 Å². The summed E-state index contributed by atoms with van der Waals surface area (Å²) in [5.74, 6) is -0.137. The summed E-state index contributed by atoms with van der Waals surface area (Å²) >= 11 is 0. The maximum Gasteiger partial charge on any atom is 0.472 e. The number of carbonyl (C=O) groups is 1. The van der Waals surface area contributed by atoms with Crippen molar-refractivity contribution in [1.29, 1.82) is 0 Å². The second kappa shape index (κ2) is 45.6. The predicted molar refractivity (Wildman–Crippen MR) is 268 cm³/mol. The molecule has 0 radical (unpaired) electrons. The molecular formula is C53H110N2O6P+. The van der Waals surface area contributed by atoms with Crippen molar-refractivity contribution < 1.29 is 32.9 Å². The van der Waals surface area contributed by atoms with Gasteiger partial charge in [-0.15, -0.1) is 0 Å². The summed E-state index contributed by atoms with van der Waals surface area (Å²) in [4.78, 5) is 23.3. The molecule has 0 saturated carbocycles. The molecule has 3 unspecified atom stereocenters. The molecule has 0 aromatic heterocycles. The van der Waals surface area contributed by atoms with Gasteiger partial charge in [-0.05, 0) is 12.8 Å². The SMILES string of the molecule is CCCCCCCCCCCCCCCCCCCCCCCC(=O)NC(COP(=O)(O)OCC[N+](C)(C)C)C(O)CCCCCCCCCCCCCCCCCCCCC. The fourth-order valence-electron chi connectivity index (χ4n) is 8.52. The molecule has 9 heteroatoms. The van der Waals surface area contributed by atoms with Crippen molar-refractivity contribution in [1.82, 2.24) is 5.32 Å². The number of hydrogen-bond donors (Lipinski definition) is 3. The van der Waals surface area contributed by atoms with Crippen LogP contribution >= 0.6 is 7.82 Å². The Morgan fingerprint density at radius 3 is 1.08 bits per heavy atom. The Labute approximate surface area is 387 Å². The highest BCUT2D eigenvalue weighted by Gasteiger charge is 2.28. The lowest BCUT2D eigenvalue weighted by atomic mass is 10.0. The first-order chi connectivity index (χ1) is 30.0. The zero-order chi connectivity index (χ0) is 45.7. The van der Waals surface area contributed by atoms with E-state index in [0.717, 1.165) is 38.5 Å². The first-order valence-electron chi connectivity index (χ1n) is 27.4. The van der Waals surface area contributed by atoms with Crippen LogP contribution in [0.1, 0.15) is 284 Å². The van der Waals surface area contributed by atoms with Crippen molar-refractivity contribution in [2.45, 2.75) is 296 Å². The molecule has 0 aliphatic heterocycles. The Bertz CT molecular complexity index is 978. The molecule has 3 atom stereocenters. The minimum Gasteiger partial charge on any atom is -0.391 e. The minimum atomic E-state index is -4.31. The van der Waals surface area contributed by atoms with E-state index in [1.165, 1.54) is 218 Å². The number of amides is 1. The van der Waals surface area contributed by atoms with Gasteiger partial charge in [0.2, 0.25) is 5.91 Å². The molecule has 372 valence electrons. The molecule has 0 bridgehead atoms. The van der Waals surface area contributed by atoms with Crippen molar-refractivity contribution in [3.63, 3.8) is 0 Å². The van der Waals surface area contributed by atoms with Gasteiger partial charge in [-0.2, -0.15) is 0 Å². The molecule has 0 heterocycles. The number of nitrogens with one attached hydrogen (secondary N) is 1. The van der Waals surface area contributed by atoms with E-state index >= 15 is 0 Å². The zero-order valence-corrected chi connectivity index (χ0v) is 43.3. The van der Waals surface area contributed by atoms with Crippen LogP contribution in [-0.2, 0) is 18.4 Å².